The molecule has 1 aliphatic rings. The minimum Gasteiger partial charge on any atom is -0.310 e. The molecule has 1 atom stereocenters. The smallest absolute Gasteiger partial charge is 0.0453 e. The van der Waals surface area contributed by atoms with Crippen LogP contribution in [0.25, 0.3) is 0 Å². The van der Waals surface area contributed by atoms with E-state index in [0.717, 1.165) is 17.5 Å². The summed E-state index contributed by atoms with van der Waals surface area (Å²) in [6.07, 6.45) is 6.43. The van der Waals surface area contributed by atoms with Gasteiger partial charge in [0.05, 0.1) is 0 Å². The number of nitrogens with one attached hydrogen (secondary N) is 1. The van der Waals surface area contributed by atoms with Gasteiger partial charge in [0.2, 0.25) is 0 Å². The van der Waals surface area contributed by atoms with Crippen LogP contribution < -0.4 is 5.32 Å². The maximum absolute atomic E-state index is 6.43. The van der Waals surface area contributed by atoms with Crippen molar-refractivity contribution in [2.45, 2.75) is 58.9 Å². The zero-order valence-electron chi connectivity index (χ0n) is 13.1. The van der Waals surface area contributed by atoms with Crippen molar-refractivity contribution in [1.29, 1.82) is 0 Å². The summed E-state index contributed by atoms with van der Waals surface area (Å²) in [7, 11) is 0. The molecule has 1 nitrogen and oxygen atoms in total. The highest BCUT2D eigenvalue weighted by Crippen LogP contribution is 2.43. The molecule has 20 heavy (non-hydrogen) atoms. The molecule has 0 radical (unpaired) electrons. The van der Waals surface area contributed by atoms with Crippen LogP contribution in [0.2, 0.25) is 5.02 Å². The summed E-state index contributed by atoms with van der Waals surface area (Å²) in [6.45, 7) is 8.08. The SMILES string of the molecule is CCCNC(c1ccccc1Cl)C1CCC(C)(C)CC1. The van der Waals surface area contributed by atoms with Gasteiger partial charge >= 0.3 is 0 Å². The van der Waals surface area contributed by atoms with Gasteiger partial charge < -0.3 is 5.32 Å². The molecule has 1 aliphatic carbocycles. The second-order valence-electron chi connectivity index (χ2n) is 6.95. The summed E-state index contributed by atoms with van der Waals surface area (Å²) in [4.78, 5) is 0. The molecule has 1 N–H and O–H groups in total. The molecule has 112 valence electrons. The maximum atomic E-state index is 6.43. The fraction of sp³-hybridized carbons (Fsp3) is 0.667. The van der Waals surface area contributed by atoms with Crippen LogP contribution in [-0.2, 0) is 0 Å². The van der Waals surface area contributed by atoms with Gasteiger partial charge in [-0.15, -0.1) is 0 Å². The van der Waals surface area contributed by atoms with E-state index in [-0.39, 0.29) is 0 Å². The highest BCUT2D eigenvalue weighted by Gasteiger charge is 2.32. The van der Waals surface area contributed by atoms with Crippen LogP contribution in [0.4, 0.5) is 0 Å². The van der Waals surface area contributed by atoms with E-state index in [1.165, 1.54) is 37.7 Å². The summed E-state index contributed by atoms with van der Waals surface area (Å²) in [5.74, 6) is 0.717. The average Bonchev–Trinajstić information content (AvgIpc) is 2.42. The van der Waals surface area contributed by atoms with Crippen molar-refractivity contribution in [3.63, 3.8) is 0 Å². The largest absolute Gasteiger partial charge is 0.310 e. The molecule has 0 bridgehead atoms. The van der Waals surface area contributed by atoms with E-state index in [0.29, 0.717) is 11.5 Å². The van der Waals surface area contributed by atoms with Gasteiger partial charge in [0.25, 0.3) is 0 Å². The standard InChI is InChI=1S/C18H28ClN/c1-4-13-20-17(15-7-5-6-8-16(15)19)14-9-11-18(2,3)12-10-14/h5-8,14,17,20H,4,9-13H2,1-3H3. The Morgan fingerprint density at radius 1 is 1.25 bits per heavy atom. The van der Waals surface area contributed by atoms with Gasteiger partial charge in [-0.3, -0.25) is 0 Å². The molecule has 2 rings (SSSR count). The van der Waals surface area contributed by atoms with Crippen LogP contribution in [0.15, 0.2) is 24.3 Å². The Morgan fingerprint density at radius 2 is 1.90 bits per heavy atom. The van der Waals surface area contributed by atoms with Crippen molar-refractivity contribution in [2.24, 2.45) is 11.3 Å². The molecule has 1 fully saturated rings. The fourth-order valence-corrected chi connectivity index (χ4v) is 3.57. The zero-order chi connectivity index (χ0) is 14.6. The molecular weight excluding hydrogens is 266 g/mol. The topological polar surface area (TPSA) is 12.0 Å². The molecule has 0 spiro atoms. The number of halogens is 1. The van der Waals surface area contributed by atoms with Gasteiger partial charge in [0.1, 0.15) is 0 Å². The third-order valence-electron chi connectivity index (χ3n) is 4.71. The second kappa shape index (κ2) is 6.95. The predicted molar refractivity (Wildman–Crippen MR) is 88.2 cm³/mol. The van der Waals surface area contributed by atoms with E-state index in [1.54, 1.807) is 0 Å². The highest BCUT2D eigenvalue weighted by molar-refractivity contribution is 6.31. The molecule has 2 heteroatoms. The van der Waals surface area contributed by atoms with Crippen LogP contribution in [0.3, 0.4) is 0 Å². The van der Waals surface area contributed by atoms with Crippen molar-refractivity contribution >= 4 is 11.6 Å². The predicted octanol–water partition coefficient (Wildman–Crippen LogP) is 5.60. The van der Waals surface area contributed by atoms with Gasteiger partial charge in [-0.2, -0.15) is 0 Å². The van der Waals surface area contributed by atoms with Crippen LogP contribution in [0.1, 0.15) is 64.5 Å². The fourth-order valence-electron chi connectivity index (χ4n) is 3.31. The number of hydrogen-bond acceptors (Lipinski definition) is 1. The van der Waals surface area contributed by atoms with E-state index < -0.39 is 0 Å². The van der Waals surface area contributed by atoms with E-state index in [9.17, 15) is 0 Å². The molecular formula is C18H28ClN. The summed E-state index contributed by atoms with van der Waals surface area (Å²) < 4.78 is 0. The Labute approximate surface area is 129 Å². The van der Waals surface area contributed by atoms with E-state index in [2.05, 4.69) is 38.2 Å². The third kappa shape index (κ3) is 3.99. The Hall–Kier alpha value is -0.530. The molecule has 0 saturated heterocycles. The van der Waals surface area contributed by atoms with E-state index in [1.807, 2.05) is 12.1 Å². The van der Waals surface area contributed by atoms with Crippen molar-refractivity contribution < 1.29 is 0 Å². The lowest BCUT2D eigenvalue weighted by atomic mass is 9.70. The lowest BCUT2D eigenvalue weighted by Gasteiger charge is -2.38. The number of benzene rings is 1. The first-order chi connectivity index (χ1) is 9.53. The lowest BCUT2D eigenvalue weighted by molar-refractivity contribution is 0.161. The Bertz CT molecular complexity index is 417. The van der Waals surface area contributed by atoms with Gasteiger partial charge in [0.15, 0.2) is 0 Å². The van der Waals surface area contributed by atoms with Crippen LogP contribution in [0.5, 0.6) is 0 Å². The van der Waals surface area contributed by atoms with Crippen molar-refractivity contribution in [1.82, 2.24) is 5.32 Å². The van der Waals surface area contributed by atoms with Gasteiger partial charge in [-0.25, -0.2) is 0 Å². The lowest BCUT2D eigenvalue weighted by Crippen LogP contribution is -2.33. The zero-order valence-corrected chi connectivity index (χ0v) is 13.8. The van der Waals surface area contributed by atoms with Gasteiger partial charge in [-0.05, 0) is 61.6 Å². The molecule has 0 aromatic heterocycles. The number of hydrogen-bond donors (Lipinski definition) is 1. The monoisotopic (exact) mass is 293 g/mol. The second-order valence-corrected chi connectivity index (χ2v) is 7.36. The summed E-state index contributed by atoms with van der Waals surface area (Å²) in [5.41, 5.74) is 1.80. The quantitative estimate of drug-likeness (QED) is 0.745. The van der Waals surface area contributed by atoms with Gasteiger partial charge in [0, 0.05) is 11.1 Å². The Balaban J connectivity index is 2.14. The molecule has 1 aromatic carbocycles. The molecule has 1 saturated carbocycles. The third-order valence-corrected chi connectivity index (χ3v) is 5.05. The molecule has 1 aromatic rings. The molecule has 1 unspecified atom stereocenters. The highest BCUT2D eigenvalue weighted by atomic mass is 35.5. The molecule has 0 heterocycles. The summed E-state index contributed by atoms with van der Waals surface area (Å²) >= 11 is 6.43. The summed E-state index contributed by atoms with van der Waals surface area (Å²) in [5, 5.41) is 4.65. The molecule has 0 aliphatic heterocycles. The first-order valence-corrected chi connectivity index (χ1v) is 8.39. The van der Waals surface area contributed by atoms with E-state index >= 15 is 0 Å². The summed E-state index contributed by atoms with van der Waals surface area (Å²) in [6, 6.07) is 8.75. The minimum absolute atomic E-state index is 0.416. The number of rotatable bonds is 5. The Kier molecular flexibility index (Phi) is 5.51. The van der Waals surface area contributed by atoms with Gasteiger partial charge in [-0.1, -0.05) is 50.6 Å². The van der Waals surface area contributed by atoms with Crippen LogP contribution in [-0.4, -0.2) is 6.54 Å². The van der Waals surface area contributed by atoms with Crippen molar-refractivity contribution in [2.75, 3.05) is 6.54 Å². The maximum Gasteiger partial charge on any atom is 0.0453 e. The normalized spacial score (nSPS) is 20.8. The first kappa shape index (κ1) is 15.9. The van der Waals surface area contributed by atoms with Crippen molar-refractivity contribution in [3.8, 4) is 0 Å². The molecule has 0 amide bonds. The van der Waals surface area contributed by atoms with Crippen LogP contribution >= 0.6 is 11.6 Å². The Morgan fingerprint density at radius 3 is 2.50 bits per heavy atom. The average molecular weight is 294 g/mol. The van der Waals surface area contributed by atoms with Crippen LogP contribution in [0, 0.1) is 11.3 Å². The van der Waals surface area contributed by atoms with E-state index in [4.69, 9.17) is 11.6 Å². The minimum atomic E-state index is 0.416. The van der Waals surface area contributed by atoms with Crippen molar-refractivity contribution in [3.05, 3.63) is 34.9 Å². The first-order valence-electron chi connectivity index (χ1n) is 8.01.